The third-order valence-corrected chi connectivity index (χ3v) is 5.47. The third kappa shape index (κ3) is 4.83. The average Bonchev–Trinajstić information content (AvgIpc) is 3.29. The summed E-state index contributed by atoms with van der Waals surface area (Å²) < 4.78 is 39.8. The highest BCUT2D eigenvalue weighted by Crippen LogP contribution is 2.35. The summed E-state index contributed by atoms with van der Waals surface area (Å²) in [7, 11) is 0. The summed E-state index contributed by atoms with van der Waals surface area (Å²) in [5.74, 6) is -0.252. The van der Waals surface area contributed by atoms with Gasteiger partial charge in [0.05, 0.1) is 0 Å². The number of alkyl halides is 3. The predicted octanol–water partition coefficient (Wildman–Crippen LogP) is 3.93. The van der Waals surface area contributed by atoms with Crippen molar-refractivity contribution < 1.29 is 18.0 Å². The van der Waals surface area contributed by atoms with Crippen LogP contribution < -0.4 is 15.5 Å². The molecule has 144 valence electrons. The molecule has 0 spiro atoms. The maximum atomic E-state index is 13.3. The lowest BCUT2D eigenvalue weighted by Gasteiger charge is -2.27. The molecular weight excluding hydrogens is 343 g/mol. The molecule has 2 atom stereocenters. The van der Waals surface area contributed by atoms with E-state index in [2.05, 4.69) is 15.5 Å². The van der Waals surface area contributed by atoms with Crippen LogP contribution in [0.4, 0.5) is 23.7 Å². The maximum absolute atomic E-state index is 13.3. The molecule has 0 radical (unpaired) electrons. The number of rotatable bonds is 5. The molecule has 2 N–H and O–H groups in total. The number of hydrogen-bond acceptors (Lipinski definition) is 2. The van der Waals surface area contributed by atoms with Crippen LogP contribution in [0.3, 0.4) is 0 Å². The molecule has 2 fully saturated rings. The van der Waals surface area contributed by atoms with Gasteiger partial charge in [-0.1, -0.05) is 31.0 Å². The van der Waals surface area contributed by atoms with Crippen LogP contribution in [0.1, 0.15) is 32.1 Å². The van der Waals surface area contributed by atoms with E-state index < -0.39 is 24.2 Å². The minimum absolute atomic E-state index is 0.247. The predicted molar refractivity (Wildman–Crippen MR) is 95.1 cm³/mol. The second-order valence-electron chi connectivity index (χ2n) is 7.35. The summed E-state index contributed by atoms with van der Waals surface area (Å²) in [5.41, 5.74) is 1.14. The van der Waals surface area contributed by atoms with Gasteiger partial charge in [0.1, 0.15) is 6.04 Å². The summed E-state index contributed by atoms with van der Waals surface area (Å²) >= 11 is 0. The number of amides is 2. The topological polar surface area (TPSA) is 44.4 Å². The number of halogens is 3. The number of anilines is 1. The molecule has 1 aromatic rings. The van der Waals surface area contributed by atoms with Crippen molar-refractivity contribution in [3.05, 3.63) is 30.3 Å². The molecule has 3 rings (SSSR count). The minimum atomic E-state index is -4.40. The maximum Gasteiger partial charge on any atom is 0.408 e. The summed E-state index contributed by atoms with van der Waals surface area (Å²) in [6.45, 7) is 2.09. The lowest BCUT2D eigenvalue weighted by atomic mass is 9.98. The van der Waals surface area contributed by atoms with Crippen LogP contribution in [0.2, 0.25) is 0 Å². The van der Waals surface area contributed by atoms with Crippen LogP contribution in [0.25, 0.3) is 0 Å². The zero-order chi connectivity index (χ0) is 18.6. The van der Waals surface area contributed by atoms with Crippen LogP contribution in [-0.2, 0) is 0 Å². The number of carbonyl (C=O) groups excluding carboxylic acids is 1. The number of nitrogens with zero attached hydrogens (tertiary/aromatic N) is 1. The molecule has 4 nitrogen and oxygen atoms in total. The van der Waals surface area contributed by atoms with Crippen LogP contribution >= 0.6 is 0 Å². The summed E-state index contributed by atoms with van der Waals surface area (Å²) in [5, 5.41) is 4.82. The fourth-order valence-electron chi connectivity index (χ4n) is 4.06. The summed E-state index contributed by atoms with van der Waals surface area (Å²) in [6, 6.07) is 7.55. The largest absolute Gasteiger partial charge is 0.408 e. The highest BCUT2D eigenvalue weighted by molar-refractivity contribution is 5.74. The Labute approximate surface area is 152 Å². The minimum Gasteiger partial charge on any atom is -0.371 e. The molecule has 1 saturated heterocycles. The van der Waals surface area contributed by atoms with Crippen LogP contribution in [0, 0.1) is 11.8 Å². The van der Waals surface area contributed by atoms with Crippen molar-refractivity contribution in [2.45, 2.75) is 44.3 Å². The normalized spacial score (nSPS) is 22.4. The van der Waals surface area contributed by atoms with Crippen molar-refractivity contribution in [3.63, 3.8) is 0 Å². The summed E-state index contributed by atoms with van der Waals surface area (Å²) in [6.07, 6.45) is -0.821. The van der Waals surface area contributed by atoms with E-state index in [0.29, 0.717) is 19.4 Å². The Morgan fingerprint density at radius 3 is 2.50 bits per heavy atom. The van der Waals surface area contributed by atoms with Crippen molar-refractivity contribution >= 4 is 11.7 Å². The molecule has 7 heteroatoms. The number of nitrogens with one attached hydrogen (secondary N) is 2. The van der Waals surface area contributed by atoms with E-state index in [4.69, 9.17) is 0 Å². The zero-order valence-electron chi connectivity index (χ0n) is 14.8. The lowest BCUT2D eigenvalue weighted by molar-refractivity contribution is -0.164. The van der Waals surface area contributed by atoms with E-state index in [-0.39, 0.29) is 5.92 Å². The molecule has 0 aromatic heterocycles. The highest BCUT2D eigenvalue weighted by atomic mass is 19.4. The molecule has 1 aliphatic carbocycles. The van der Waals surface area contributed by atoms with E-state index in [0.717, 1.165) is 38.0 Å². The number of para-hydroxylation sites is 1. The number of hydrogen-bond donors (Lipinski definition) is 2. The zero-order valence-corrected chi connectivity index (χ0v) is 14.8. The van der Waals surface area contributed by atoms with Gasteiger partial charge in [0.25, 0.3) is 0 Å². The molecule has 1 aromatic carbocycles. The molecule has 2 amide bonds. The number of carbonyl (C=O) groups is 1. The number of urea groups is 1. The van der Waals surface area contributed by atoms with E-state index in [1.54, 1.807) is 0 Å². The van der Waals surface area contributed by atoms with Crippen molar-refractivity contribution in [2.24, 2.45) is 11.8 Å². The van der Waals surface area contributed by atoms with Crippen LogP contribution in [0.5, 0.6) is 0 Å². The van der Waals surface area contributed by atoms with Crippen LogP contribution in [0.15, 0.2) is 30.3 Å². The van der Waals surface area contributed by atoms with Gasteiger partial charge in [-0.05, 0) is 43.2 Å². The highest BCUT2D eigenvalue weighted by Gasteiger charge is 2.46. The lowest BCUT2D eigenvalue weighted by Crippen LogP contribution is -2.53. The monoisotopic (exact) mass is 369 g/mol. The van der Waals surface area contributed by atoms with E-state index in [1.165, 1.54) is 0 Å². The van der Waals surface area contributed by atoms with Gasteiger partial charge in [-0.3, -0.25) is 0 Å². The SMILES string of the molecule is O=C(NC[C@@H]1CCN(c2ccccc2)C1)N[C@@H](C1CCCC1)C(F)(F)F. The Hall–Kier alpha value is -1.92. The second-order valence-corrected chi connectivity index (χ2v) is 7.35. The Kier molecular flexibility index (Phi) is 5.94. The quantitative estimate of drug-likeness (QED) is 0.826. The summed E-state index contributed by atoms with van der Waals surface area (Å²) in [4.78, 5) is 14.3. The second kappa shape index (κ2) is 8.18. The smallest absolute Gasteiger partial charge is 0.371 e. The molecule has 0 unspecified atom stereocenters. The van der Waals surface area contributed by atoms with E-state index in [9.17, 15) is 18.0 Å². The standard InChI is InChI=1S/C19H26F3N3O/c20-19(21,22)17(15-6-4-5-7-15)24-18(26)23-12-14-10-11-25(13-14)16-8-2-1-3-9-16/h1-3,8-9,14-15,17H,4-7,10-13H2,(H2,23,24,26)/t14-,17-/m0/s1. The molecule has 1 heterocycles. The Bertz CT molecular complexity index is 587. The fraction of sp³-hybridized carbons (Fsp3) is 0.632. The van der Waals surface area contributed by atoms with Crippen molar-refractivity contribution in [1.82, 2.24) is 10.6 Å². The van der Waals surface area contributed by atoms with Crippen LogP contribution in [-0.4, -0.2) is 37.9 Å². The van der Waals surface area contributed by atoms with Gasteiger partial charge >= 0.3 is 12.2 Å². The van der Waals surface area contributed by atoms with E-state index in [1.807, 2.05) is 30.3 Å². The van der Waals surface area contributed by atoms with Gasteiger partial charge in [-0.25, -0.2) is 4.79 Å². The van der Waals surface area contributed by atoms with Crippen molar-refractivity contribution in [1.29, 1.82) is 0 Å². The van der Waals surface area contributed by atoms with Crippen molar-refractivity contribution in [2.75, 3.05) is 24.5 Å². The first-order chi connectivity index (χ1) is 12.4. The Morgan fingerprint density at radius 1 is 1.15 bits per heavy atom. The third-order valence-electron chi connectivity index (χ3n) is 5.47. The molecular formula is C19H26F3N3O. The Balaban J connectivity index is 1.46. The van der Waals surface area contributed by atoms with Gasteiger partial charge in [0.2, 0.25) is 0 Å². The van der Waals surface area contributed by atoms with E-state index >= 15 is 0 Å². The van der Waals surface area contributed by atoms with Crippen molar-refractivity contribution in [3.8, 4) is 0 Å². The first kappa shape index (κ1) is 18.9. The average molecular weight is 369 g/mol. The van der Waals surface area contributed by atoms with Gasteiger partial charge in [0, 0.05) is 25.3 Å². The number of benzene rings is 1. The molecule has 1 saturated carbocycles. The Morgan fingerprint density at radius 2 is 1.85 bits per heavy atom. The van der Waals surface area contributed by atoms with Gasteiger partial charge in [-0.2, -0.15) is 13.2 Å². The fourth-order valence-corrected chi connectivity index (χ4v) is 4.06. The molecule has 1 aliphatic heterocycles. The van der Waals surface area contributed by atoms with Gasteiger partial charge in [-0.15, -0.1) is 0 Å². The molecule has 2 aliphatic rings. The van der Waals surface area contributed by atoms with Gasteiger partial charge < -0.3 is 15.5 Å². The first-order valence-corrected chi connectivity index (χ1v) is 9.34. The first-order valence-electron chi connectivity index (χ1n) is 9.34. The van der Waals surface area contributed by atoms with Gasteiger partial charge in [0.15, 0.2) is 0 Å². The molecule has 26 heavy (non-hydrogen) atoms. The molecule has 0 bridgehead atoms.